The zero-order valence-corrected chi connectivity index (χ0v) is 13.2. The van der Waals surface area contributed by atoms with Crippen LogP contribution in [0.4, 0.5) is 0 Å². The summed E-state index contributed by atoms with van der Waals surface area (Å²) in [4.78, 5) is 17.2. The number of fused-ring (bicyclic) bond motifs is 1. The van der Waals surface area contributed by atoms with Crippen molar-refractivity contribution in [3.8, 4) is 11.5 Å². The van der Waals surface area contributed by atoms with Crippen LogP contribution in [0.25, 0.3) is 0 Å². The molecule has 1 amide bonds. The molecule has 22 heavy (non-hydrogen) atoms. The summed E-state index contributed by atoms with van der Waals surface area (Å²) in [7, 11) is 5.19. The van der Waals surface area contributed by atoms with E-state index in [2.05, 4.69) is 15.6 Å². The van der Waals surface area contributed by atoms with Crippen molar-refractivity contribution in [3.05, 3.63) is 23.8 Å². The van der Waals surface area contributed by atoms with Gasteiger partial charge in [0.2, 0.25) is 12.7 Å². The Bertz CT molecular complexity index is 558. The summed E-state index contributed by atoms with van der Waals surface area (Å²) in [6, 6.07) is 5.81. The van der Waals surface area contributed by atoms with Crippen molar-refractivity contribution in [3.63, 3.8) is 0 Å². The molecule has 120 valence electrons. The molecule has 1 aromatic carbocycles. The fraction of sp³-hybridized carbons (Fsp3) is 0.467. The maximum absolute atomic E-state index is 11.5. The smallest absolute Gasteiger partial charge is 0.231 e. The number of carbonyl (C=O) groups is 1. The van der Waals surface area contributed by atoms with Crippen LogP contribution in [-0.2, 0) is 11.3 Å². The van der Waals surface area contributed by atoms with Crippen molar-refractivity contribution in [2.75, 3.05) is 34.5 Å². The highest BCUT2D eigenvalue weighted by molar-refractivity contribution is 5.81. The number of nitrogens with one attached hydrogen (secondary N) is 2. The van der Waals surface area contributed by atoms with Gasteiger partial charge in [-0.25, -0.2) is 0 Å². The number of guanidine groups is 1. The van der Waals surface area contributed by atoms with Gasteiger partial charge in [0.1, 0.15) is 0 Å². The highest BCUT2D eigenvalue weighted by atomic mass is 16.7. The lowest BCUT2D eigenvalue weighted by Gasteiger charge is -2.13. The lowest BCUT2D eigenvalue weighted by atomic mass is 10.2. The molecule has 0 atom stereocenters. The van der Waals surface area contributed by atoms with Crippen molar-refractivity contribution in [2.45, 2.75) is 13.0 Å². The molecule has 7 nitrogen and oxygen atoms in total. The van der Waals surface area contributed by atoms with Gasteiger partial charge in [-0.2, -0.15) is 0 Å². The minimum Gasteiger partial charge on any atom is -0.454 e. The van der Waals surface area contributed by atoms with E-state index in [0.717, 1.165) is 17.1 Å². The number of aliphatic imine (C=N–C) groups is 1. The molecule has 1 aliphatic rings. The van der Waals surface area contributed by atoms with Gasteiger partial charge in [-0.3, -0.25) is 9.79 Å². The number of rotatable bonds is 5. The minimum absolute atomic E-state index is 0.0822. The van der Waals surface area contributed by atoms with Gasteiger partial charge < -0.3 is 25.0 Å². The summed E-state index contributed by atoms with van der Waals surface area (Å²) in [6.45, 7) is 1.42. The average Bonchev–Trinajstić information content (AvgIpc) is 2.97. The third-order valence-electron chi connectivity index (χ3n) is 3.25. The van der Waals surface area contributed by atoms with Gasteiger partial charge in [-0.05, 0) is 17.7 Å². The Kier molecular flexibility index (Phi) is 5.46. The Morgan fingerprint density at radius 2 is 2.05 bits per heavy atom. The van der Waals surface area contributed by atoms with Gasteiger partial charge in [0.25, 0.3) is 0 Å². The number of hydrogen-bond donors (Lipinski definition) is 2. The number of nitrogens with zero attached hydrogens (tertiary/aromatic N) is 2. The predicted octanol–water partition coefficient (Wildman–Crippen LogP) is 0.559. The Labute approximate surface area is 130 Å². The molecule has 0 unspecified atom stereocenters. The van der Waals surface area contributed by atoms with E-state index in [1.807, 2.05) is 18.2 Å². The van der Waals surface area contributed by atoms with Crippen LogP contribution in [0.2, 0.25) is 0 Å². The Morgan fingerprint density at radius 1 is 1.27 bits per heavy atom. The van der Waals surface area contributed by atoms with Crippen molar-refractivity contribution < 1.29 is 14.3 Å². The first kappa shape index (κ1) is 15.9. The summed E-state index contributed by atoms with van der Waals surface area (Å²) in [5.74, 6) is 2.27. The normalized spacial score (nSPS) is 13.0. The number of carbonyl (C=O) groups excluding carboxylic acids is 1. The summed E-state index contributed by atoms with van der Waals surface area (Å²) in [5.41, 5.74) is 1.07. The van der Waals surface area contributed by atoms with Gasteiger partial charge in [-0.15, -0.1) is 0 Å². The highest BCUT2D eigenvalue weighted by Gasteiger charge is 2.13. The number of hydrogen-bond acceptors (Lipinski definition) is 4. The van der Waals surface area contributed by atoms with Crippen molar-refractivity contribution in [1.82, 2.24) is 15.5 Å². The largest absolute Gasteiger partial charge is 0.454 e. The Balaban J connectivity index is 1.78. The fourth-order valence-corrected chi connectivity index (χ4v) is 1.97. The van der Waals surface area contributed by atoms with Crippen LogP contribution in [0.3, 0.4) is 0 Å². The van der Waals surface area contributed by atoms with E-state index in [9.17, 15) is 4.79 Å². The fourth-order valence-electron chi connectivity index (χ4n) is 1.97. The molecule has 1 aromatic rings. The lowest BCUT2D eigenvalue weighted by molar-refractivity contribution is -0.128. The maximum atomic E-state index is 11.5. The third kappa shape index (κ3) is 4.28. The lowest BCUT2D eigenvalue weighted by Crippen LogP contribution is -2.38. The third-order valence-corrected chi connectivity index (χ3v) is 3.25. The van der Waals surface area contributed by atoms with E-state index in [0.29, 0.717) is 25.5 Å². The second-order valence-corrected chi connectivity index (χ2v) is 5.08. The maximum Gasteiger partial charge on any atom is 0.231 e. The zero-order chi connectivity index (χ0) is 15.9. The quantitative estimate of drug-likeness (QED) is 0.614. The van der Waals surface area contributed by atoms with Crippen LogP contribution in [-0.4, -0.2) is 51.2 Å². The Hall–Kier alpha value is -2.44. The SMILES string of the molecule is CN=C(NCCC(=O)N(C)C)NCc1ccc2c(c1)OCO2. The molecule has 0 aliphatic carbocycles. The zero-order valence-electron chi connectivity index (χ0n) is 13.2. The molecule has 0 bridgehead atoms. The molecule has 0 spiro atoms. The molecule has 1 heterocycles. The van der Waals surface area contributed by atoms with E-state index in [1.54, 1.807) is 26.0 Å². The standard InChI is InChI=1S/C15H22N4O3/c1-16-15(17-7-6-14(20)19(2)3)18-9-11-4-5-12-13(8-11)22-10-21-12/h4-5,8H,6-7,9-10H2,1-3H3,(H2,16,17,18). The van der Waals surface area contributed by atoms with E-state index >= 15 is 0 Å². The molecule has 7 heteroatoms. The van der Waals surface area contributed by atoms with E-state index in [1.165, 1.54) is 0 Å². The molecular formula is C15H22N4O3. The van der Waals surface area contributed by atoms with Crippen LogP contribution < -0.4 is 20.1 Å². The van der Waals surface area contributed by atoms with Crippen molar-refractivity contribution >= 4 is 11.9 Å². The molecular weight excluding hydrogens is 284 g/mol. The number of ether oxygens (including phenoxy) is 2. The minimum atomic E-state index is 0.0822. The molecule has 0 saturated carbocycles. The first-order chi connectivity index (χ1) is 10.6. The summed E-state index contributed by atoms with van der Waals surface area (Å²) < 4.78 is 10.6. The molecule has 0 aromatic heterocycles. The van der Waals surface area contributed by atoms with Gasteiger partial charge in [0.05, 0.1) is 0 Å². The second kappa shape index (κ2) is 7.53. The number of benzene rings is 1. The van der Waals surface area contributed by atoms with Crippen molar-refractivity contribution in [1.29, 1.82) is 0 Å². The van der Waals surface area contributed by atoms with Gasteiger partial charge in [0.15, 0.2) is 17.5 Å². The van der Waals surface area contributed by atoms with E-state index in [-0.39, 0.29) is 12.7 Å². The average molecular weight is 306 g/mol. The second-order valence-electron chi connectivity index (χ2n) is 5.08. The molecule has 0 fully saturated rings. The summed E-state index contributed by atoms with van der Waals surface area (Å²) >= 11 is 0. The molecule has 0 radical (unpaired) electrons. The van der Waals surface area contributed by atoms with Crippen LogP contribution in [0.5, 0.6) is 11.5 Å². The predicted molar refractivity (Wildman–Crippen MR) is 84.1 cm³/mol. The van der Waals surface area contributed by atoms with Crippen LogP contribution in [0.15, 0.2) is 23.2 Å². The first-order valence-corrected chi connectivity index (χ1v) is 7.13. The monoisotopic (exact) mass is 306 g/mol. The van der Waals surface area contributed by atoms with Crippen molar-refractivity contribution in [2.24, 2.45) is 4.99 Å². The van der Waals surface area contributed by atoms with Gasteiger partial charge in [-0.1, -0.05) is 6.07 Å². The van der Waals surface area contributed by atoms with Gasteiger partial charge >= 0.3 is 0 Å². The molecule has 1 aliphatic heterocycles. The van der Waals surface area contributed by atoms with Gasteiger partial charge in [0, 0.05) is 40.7 Å². The molecule has 2 N–H and O–H groups in total. The highest BCUT2D eigenvalue weighted by Crippen LogP contribution is 2.32. The Morgan fingerprint density at radius 3 is 2.77 bits per heavy atom. The molecule has 0 saturated heterocycles. The summed E-state index contributed by atoms with van der Waals surface area (Å²) in [5, 5.41) is 6.31. The summed E-state index contributed by atoms with van der Waals surface area (Å²) in [6.07, 6.45) is 0.428. The van der Waals surface area contributed by atoms with Crippen LogP contribution >= 0.6 is 0 Å². The topological polar surface area (TPSA) is 75.2 Å². The first-order valence-electron chi connectivity index (χ1n) is 7.13. The van der Waals surface area contributed by atoms with E-state index in [4.69, 9.17) is 9.47 Å². The molecule has 2 rings (SSSR count). The van der Waals surface area contributed by atoms with Crippen LogP contribution in [0.1, 0.15) is 12.0 Å². The van der Waals surface area contributed by atoms with E-state index < -0.39 is 0 Å². The number of amides is 1. The van der Waals surface area contributed by atoms with Crippen LogP contribution in [0, 0.1) is 0 Å².